The second-order valence-corrected chi connectivity index (χ2v) is 5.10. The number of carbonyl (C=O) groups is 1. The second-order valence-electron chi connectivity index (χ2n) is 5.10. The van der Waals surface area contributed by atoms with Crippen molar-refractivity contribution < 1.29 is 14.6 Å². The average molecular weight is 302 g/mol. The zero-order valence-corrected chi connectivity index (χ0v) is 13.7. The second kappa shape index (κ2) is 7.48. The van der Waals surface area contributed by atoms with Crippen LogP contribution >= 0.6 is 0 Å². The lowest BCUT2D eigenvalue weighted by atomic mass is 10.1. The first-order chi connectivity index (χ1) is 10.3. The SMILES string of the molecule is CC/C(C)=C(N)/C(=N/C(C)=C(\C)C1=CC(C)=C=CO1)C(=O)O. The van der Waals surface area contributed by atoms with E-state index in [-0.39, 0.29) is 11.4 Å². The van der Waals surface area contributed by atoms with Crippen LogP contribution in [0.5, 0.6) is 0 Å². The van der Waals surface area contributed by atoms with Gasteiger partial charge in [0, 0.05) is 11.3 Å². The van der Waals surface area contributed by atoms with Crippen molar-refractivity contribution in [3.8, 4) is 0 Å². The summed E-state index contributed by atoms with van der Waals surface area (Å²) in [6.45, 7) is 9.17. The highest BCUT2D eigenvalue weighted by Gasteiger charge is 2.16. The normalized spacial score (nSPS) is 17.0. The lowest BCUT2D eigenvalue weighted by Gasteiger charge is -2.12. The first-order valence-corrected chi connectivity index (χ1v) is 7.03. The van der Waals surface area contributed by atoms with Gasteiger partial charge in [-0.05, 0) is 51.3 Å². The molecule has 3 N–H and O–H groups in total. The number of aliphatic imine (C=N–C) groups is 1. The molecule has 0 aliphatic carbocycles. The van der Waals surface area contributed by atoms with E-state index in [0.29, 0.717) is 17.9 Å². The van der Waals surface area contributed by atoms with Crippen LogP contribution in [0.2, 0.25) is 0 Å². The van der Waals surface area contributed by atoms with Crippen LogP contribution in [0, 0.1) is 0 Å². The minimum absolute atomic E-state index is 0.143. The number of nitrogens with zero attached hydrogens (tertiary/aromatic N) is 1. The smallest absolute Gasteiger partial charge is 0.356 e. The molecule has 5 nitrogen and oxygen atoms in total. The summed E-state index contributed by atoms with van der Waals surface area (Å²) in [5.74, 6) is -0.524. The van der Waals surface area contributed by atoms with Gasteiger partial charge in [0.25, 0.3) is 0 Å². The summed E-state index contributed by atoms with van der Waals surface area (Å²) in [5.41, 5.74) is 11.9. The molecule has 0 amide bonds. The fraction of sp³-hybridized carbons (Fsp3) is 0.353. The number of rotatable bonds is 5. The fourth-order valence-corrected chi connectivity index (χ4v) is 1.70. The number of hydrogen-bond acceptors (Lipinski definition) is 4. The van der Waals surface area contributed by atoms with Crippen LogP contribution in [-0.2, 0) is 9.53 Å². The fourth-order valence-electron chi connectivity index (χ4n) is 1.70. The molecule has 5 heteroatoms. The van der Waals surface area contributed by atoms with Crippen molar-refractivity contribution in [2.45, 2.75) is 41.0 Å². The Morgan fingerprint density at radius 2 is 2.05 bits per heavy atom. The number of allylic oxidation sites excluding steroid dienone is 5. The molecule has 0 spiro atoms. The standard InChI is InChI=1S/C17H22N2O3/c1-6-11(3)15(18)16(17(20)21)19-13(5)12(4)14-9-10(2)7-8-22-14/h8-9H,6,18H2,1-5H3,(H,20,21)/b13-12+,15-11-,19-16-. The van der Waals surface area contributed by atoms with E-state index in [1.54, 1.807) is 13.8 Å². The highest BCUT2D eigenvalue weighted by atomic mass is 16.5. The van der Waals surface area contributed by atoms with Crippen molar-refractivity contribution in [1.82, 2.24) is 0 Å². The molecule has 0 bridgehead atoms. The van der Waals surface area contributed by atoms with Crippen molar-refractivity contribution in [3.05, 3.63) is 51.9 Å². The van der Waals surface area contributed by atoms with Gasteiger partial charge in [-0.2, -0.15) is 0 Å². The molecule has 0 radical (unpaired) electrons. The Labute approximate surface area is 130 Å². The first-order valence-electron chi connectivity index (χ1n) is 7.03. The zero-order chi connectivity index (χ0) is 16.9. The van der Waals surface area contributed by atoms with Gasteiger partial charge in [-0.15, -0.1) is 0 Å². The molecule has 0 unspecified atom stereocenters. The lowest BCUT2D eigenvalue weighted by Crippen LogP contribution is -2.23. The van der Waals surface area contributed by atoms with Crippen molar-refractivity contribution in [3.63, 3.8) is 0 Å². The Balaban J connectivity index is 3.30. The van der Waals surface area contributed by atoms with Crippen LogP contribution < -0.4 is 5.73 Å². The van der Waals surface area contributed by atoms with E-state index in [4.69, 9.17) is 10.5 Å². The van der Waals surface area contributed by atoms with Crippen molar-refractivity contribution >= 4 is 11.7 Å². The van der Waals surface area contributed by atoms with Crippen LogP contribution in [0.3, 0.4) is 0 Å². The monoisotopic (exact) mass is 302 g/mol. The maximum atomic E-state index is 11.4. The third-order valence-electron chi connectivity index (χ3n) is 3.46. The first kappa shape index (κ1) is 17.5. The molecule has 1 aliphatic heterocycles. The van der Waals surface area contributed by atoms with Gasteiger partial charge in [0.2, 0.25) is 0 Å². The summed E-state index contributed by atoms with van der Waals surface area (Å²) in [5, 5.41) is 9.34. The Hall–Kier alpha value is -2.52. The number of nitrogens with two attached hydrogens (primary N) is 1. The number of carboxylic acid groups (broad SMARTS) is 1. The van der Waals surface area contributed by atoms with E-state index in [2.05, 4.69) is 10.7 Å². The molecular weight excluding hydrogens is 280 g/mol. The van der Waals surface area contributed by atoms with E-state index in [9.17, 15) is 9.90 Å². The maximum Gasteiger partial charge on any atom is 0.356 e. The largest absolute Gasteiger partial charge is 0.476 e. The third-order valence-corrected chi connectivity index (χ3v) is 3.46. The molecule has 0 saturated carbocycles. The van der Waals surface area contributed by atoms with Crippen molar-refractivity contribution in [2.75, 3.05) is 0 Å². The molecule has 0 aromatic heterocycles. The highest BCUT2D eigenvalue weighted by molar-refractivity contribution is 6.42. The van der Waals surface area contributed by atoms with E-state index in [1.165, 1.54) is 6.26 Å². The Morgan fingerprint density at radius 1 is 1.41 bits per heavy atom. The predicted molar refractivity (Wildman–Crippen MR) is 87.1 cm³/mol. The van der Waals surface area contributed by atoms with Crippen LogP contribution in [0.4, 0.5) is 0 Å². The Kier molecular flexibility index (Phi) is 5.96. The summed E-state index contributed by atoms with van der Waals surface area (Å²) in [6, 6.07) is 0. The van der Waals surface area contributed by atoms with Crippen LogP contribution in [0.1, 0.15) is 41.0 Å². The number of carboxylic acids is 1. The molecule has 0 saturated heterocycles. The molecule has 0 atom stereocenters. The number of ether oxygens (including phenoxy) is 1. The summed E-state index contributed by atoms with van der Waals surface area (Å²) in [4.78, 5) is 15.6. The van der Waals surface area contributed by atoms with Crippen molar-refractivity contribution in [2.24, 2.45) is 10.7 Å². The van der Waals surface area contributed by atoms with Crippen LogP contribution in [0.25, 0.3) is 0 Å². The zero-order valence-electron chi connectivity index (χ0n) is 13.7. The molecule has 1 rings (SSSR count). The summed E-state index contributed by atoms with van der Waals surface area (Å²) in [7, 11) is 0. The number of hydrogen-bond donors (Lipinski definition) is 2. The highest BCUT2D eigenvalue weighted by Crippen LogP contribution is 2.21. The maximum absolute atomic E-state index is 11.4. The third kappa shape index (κ3) is 4.24. The van der Waals surface area contributed by atoms with Gasteiger partial charge in [-0.25, -0.2) is 9.79 Å². The average Bonchev–Trinajstić information content (AvgIpc) is 2.49. The van der Waals surface area contributed by atoms with Gasteiger partial charge in [0.15, 0.2) is 5.71 Å². The molecule has 0 aromatic carbocycles. The van der Waals surface area contributed by atoms with E-state index < -0.39 is 5.97 Å². The Bertz CT molecular complexity index is 670. The van der Waals surface area contributed by atoms with Gasteiger partial charge in [0.1, 0.15) is 12.0 Å². The van der Waals surface area contributed by atoms with Crippen molar-refractivity contribution in [1.29, 1.82) is 0 Å². The molecule has 118 valence electrons. The van der Waals surface area contributed by atoms with Gasteiger partial charge in [-0.1, -0.05) is 12.7 Å². The van der Waals surface area contributed by atoms with Gasteiger partial charge >= 0.3 is 5.97 Å². The Morgan fingerprint density at radius 3 is 2.55 bits per heavy atom. The molecule has 1 aliphatic rings. The lowest BCUT2D eigenvalue weighted by molar-refractivity contribution is -0.129. The topological polar surface area (TPSA) is 84.9 Å². The van der Waals surface area contributed by atoms with E-state index >= 15 is 0 Å². The van der Waals surface area contributed by atoms with Gasteiger partial charge < -0.3 is 15.6 Å². The van der Waals surface area contributed by atoms with Gasteiger partial charge in [0.05, 0.1) is 5.70 Å². The minimum atomic E-state index is -1.15. The van der Waals surface area contributed by atoms with Crippen LogP contribution in [-0.4, -0.2) is 16.8 Å². The van der Waals surface area contributed by atoms with Gasteiger partial charge in [-0.3, -0.25) is 0 Å². The predicted octanol–water partition coefficient (Wildman–Crippen LogP) is 3.42. The molecule has 0 fully saturated rings. The number of aliphatic carboxylic acids is 1. The van der Waals surface area contributed by atoms with E-state index in [1.807, 2.05) is 26.8 Å². The molecular formula is C17H22N2O3. The summed E-state index contributed by atoms with van der Waals surface area (Å²) < 4.78 is 5.39. The molecule has 0 aromatic rings. The van der Waals surface area contributed by atoms with E-state index in [0.717, 1.165) is 16.7 Å². The summed E-state index contributed by atoms with van der Waals surface area (Å²) in [6.07, 6.45) is 3.97. The summed E-state index contributed by atoms with van der Waals surface area (Å²) >= 11 is 0. The minimum Gasteiger partial charge on any atom is -0.476 e. The molecule has 22 heavy (non-hydrogen) atoms. The molecule has 1 heterocycles. The van der Waals surface area contributed by atoms with Crippen LogP contribution in [0.15, 0.2) is 56.9 Å². The quantitative estimate of drug-likeness (QED) is 0.602.